The molecular formula is C14H20FNO. The zero-order valence-electron chi connectivity index (χ0n) is 10.3. The van der Waals surface area contributed by atoms with Gasteiger partial charge in [0, 0.05) is 19.2 Å². The van der Waals surface area contributed by atoms with Gasteiger partial charge in [0.25, 0.3) is 0 Å². The lowest BCUT2D eigenvalue weighted by Crippen LogP contribution is -2.37. The van der Waals surface area contributed by atoms with E-state index in [0.717, 1.165) is 31.7 Å². The molecule has 0 radical (unpaired) electrons. The topological polar surface area (TPSA) is 21.3 Å². The molecular weight excluding hydrogens is 217 g/mol. The molecule has 0 amide bonds. The molecule has 0 aliphatic carbocycles. The molecule has 0 saturated carbocycles. The first kappa shape index (κ1) is 12.5. The highest BCUT2D eigenvalue weighted by molar-refractivity contribution is 5.15. The van der Waals surface area contributed by atoms with E-state index in [1.54, 1.807) is 0 Å². The van der Waals surface area contributed by atoms with E-state index in [0.29, 0.717) is 12.0 Å². The maximum atomic E-state index is 12.7. The summed E-state index contributed by atoms with van der Waals surface area (Å²) in [6, 6.07) is 7.11. The van der Waals surface area contributed by atoms with Gasteiger partial charge in [-0.3, -0.25) is 0 Å². The highest BCUT2D eigenvalue weighted by Crippen LogP contribution is 2.17. The van der Waals surface area contributed by atoms with Crippen molar-refractivity contribution in [2.45, 2.75) is 32.4 Å². The Morgan fingerprint density at radius 3 is 2.82 bits per heavy atom. The predicted molar refractivity (Wildman–Crippen MR) is 66.2 cm³/mol. The first-order valence-electron chi connectivity index (χ1n) is 6.31. The van der Waals surface area contributed by atoms with Gasteiger partial charge in [-0.15, -0.1) is 0 Å². The molecule has 1 aliphatic rings. The summed E-state index contributed by atoms with van der Waals surface area (Å²) in [5.41, 5.74) is 1.12. The van der Waals surface area contributed by atoms with Crippen LogP contribution in [0.4, 0.5) is 4.39 Å². The van der Waals surface area contributed by atoms with Gasteiger partial charge >= 0.3 is 0 Å². The largest absolute Gasteiger partial charge is 0.381 e. The fourth-order valence-electron chi connectivity index (χ4n) is 2.21. The Labute approximate surface area is 102 Å². The van der Waals surface area contributed by atoms with Crippen molar-refractivity contribution >= 4 is 0 Å². The Balaban J connectivity index is 1.78. The molecule has 2 rings (SSSR count). The SMILES string of the molecule is C[C@@H](NCc1ccc(F)cc1)[C@H]1CCCOC1. The quantitative estimate of drug-likeness (QED) is 0.869. The van der Waals surface area contributed by atoms with Crippen molar-refractivity contribution in [3.05, 3.63) is 35.6 Å². The number of nitrogens with one attached hydrogen (secondary N) is 1. The second-order valence-corrected chi connectivity index (χ2v) is 4.77. The van der Waals surface area contributed by atoms with Gasteiger partial charge in [-0.25, -0.2) is 4.39 Å². The van der Waals surface area contributed by atoms with Crippen molar-refractivity contribution in [1.82, 2.24) is 5.32 Å². The molecule has 1 aromatic rings. The normalized spacial score (nSPS) is 22.4. The smallest absolute Gasteiger partial charge is 0.123 e. The third kappa shape index (κ3) is 3.79. The number of rotatable bonds is 4. The summed E-state index contributed by atoms with van der Waals surface area (Å²) in [7, 11) is 0. The van der Waals surface area contributed by atoms with Crippen LogP contribution in [0.1, 0.15) is 25.3 Å². The second kappa shape index (κ2) is 6.12. The van der Waals surface area contributed by atoms with E-state index in [1.807, 2.05) is 12.1 Å². The van der Waals surface area contributed by atoms with Gasteiger partial charge in [-0.2, -0.15) is 0 Å². The van der Waals surface area contributed by atoms with Crippen LogP contribution in [0.3, 0.4) is 0 Å². The van der Waals surface area contributed by atoms with E-state index in [2.05, 4.69) is 12.2 Å². The molecule has 17 heavy (non-hydrogen) atoms. The van der Waals surface area contributed by atoms with Gasteiger partial charge in [0.15, 0.2) is 0 Å². The lowest BCUT2D eigenvalue weighted by atomic mass is 9.95. The molecule has 1 fully saturated rings. The Morgan fingerprint density at radius 2 is 2.18 bits per heavy atom. The van der Waals surface area contributed by atoms with Crippen molar-refractivity contribution in [3.63, 3.8) is 0 Å². The second-order valence-electron chi connectivity index (χ2n) is 4.77. The number of halogens is 1. The van der Waals surface area contributed by atoms with Crippen LogP contribution < -0.4 is 5.32 Å². The first-order valence-corrected chi connectivity index (χ1v) is 6.31. The van der Waals surface area contributed by atoms with Gasteiger partial charge in [0.05, 0.1) is 6.61 Å². The summed E-state index contributed by atoms with van der Waals surface area (Å²) >= 11 is 0. The van der Waals surface area contributed by atoms with Crippen LogP contribution in [0.25, 0.3) is 0 Å². The minimum Gasteiger partial charge on any atom is -0.381 e. The monoisotopic (exact) mass is 237 g/mol. The van der Waals surface area contributed by atoms with Crippen molar-refractivity contribution in [3.8, 4) is 0 Å². The van der Waals surface area contributed by atoms with Crippen LogP contribution in [-0.4, -0.2) is 19.3 Å². The zero-order chi connectivity index (χ0) is 12.1. The third-order valence-corrected chi connectivity index (χ3v) is 3.44. The molecule has 1 aromatic carbocycles. The van der Waals surface area contributed by atoms with Crippen LogP contribution in [0.15, 0.2) is 24.3 Å². The molecule has 1 N–H and O–H groups in total. The van der Waals surface area contributed by atoms with Gasteiger partial charge in [-0.1, -0.05) is 12.1 Å². The Kier molecular flexibility index (Phi) is 4.51. The number of benzene rings is 1. The Morgan fingerprint density at radius 1 is 1.41 bits per heavy atom. The number of hydrogen-bond acceptors (Lipinski definition) is 2. The number of hydrogen-bond donors (Lipinski definition) is 1. The number of ether oxygens (including phenoxy) is 1. The Bertz CT molecular complexity index is 333. The van der Waals surface area contributed by atoms with E-state index < -0.39 is 0 Å². The minimum atomic E-state index is -0.178. The van der Waals surface area contributed by atoms with Gasteiger partial charge < -0.3 is 10.1 Å². The third-order valence-electron chi connectivity index (χ3n) is 3.44. The van der Waals surface area contributed by atoms with Gasteiger partial charge in [-0.05, 0) is 43.4 Å². The summed E-state index contributed by atoms with van der Waals surface area (Å²) in [4.78, 5) is 0. The molecule has 1 saturated heterocycles. The van der Waals surface area contributed by atoms with E-state index >= 15 is 0 Å². The first-order chi connectivity index (χ1) is 8.25. The molecule has 0 spiro atoms. The van der Waals surface area contributed by atoms with Crippen LogP contribution >= 0.6 is 0 Å². The fourth-order valence-corrected chi connectivity index (χ4v) is 2.21. The average Bonchev–Trinajstić information content (AvgIpc) is 2.39. The predicted octanol–water partition coefficient (Wildman–Crippen LogP) is 2.73. The standard InChI is InChI=1S/C14H20FNO/c1-11(13-3-2-8-17-10-13)16-9-12-4-6-14(15)7-5-12/h4-7,11,13,16H,2-3,8-10H2,1H3/t11-,13+/m1/s1. The fraction of sp³-hybridized carbons (Fsp3) is 0.571. The highest BCUT2D eigenvalue weighted by atomic mass is 19.1. The van der Waals surface area contributed by atoms with Crippen molar-refractivity contribution in [1.29, 1.82) is 0 Å². The van der Waals surface area contributed by atoms with E-state index in [-0.39, 0.29) is 5.82 Å². The lowest BCUT2D eigenvalue weighted by molar-refractivity contribution is 0.0417. The summed E-state index contributed by atoms with van der Waals surface area (Å²) in [5.74, 6) is 0.423. The van der Waals surface area contributed by atoms with Crippen LogP contribution in [-0.2, 0) is 11.3 Å². The van der Waals surface area contributed by atoms with E-state index in [4.69, 9.17) is 4.74 Å². The lowest BCUT2D eigenvalue weighted by Gasteiger charge is -2.28. The van der Waals surface area contributed by atoms with Crippen molar-refractivity contribution < 1.29 is 9.13 Å². The van der Waals surface area contributed by atoms with Crippen molar-refractivity contribution in [2.75, 3.05) is 13.2 Å². The minimum absolute atomic E-state index is 0.178. The molecule has 2 nitrogen and oxygen atoms in total. The van der Waals surface area contributed by atoms with Crippen LogP contribution in [0, 0.1) is 11.7 Å². The molecule has 0 aromatic heterocycles. The molecule has 1 aliphatic heterocycles. The molecule has 2 atom stereocenters. The highest BCUT2D eigenvalue weighted by Gasteiger charge is 2.19. The average molecular weight is 237 g/mol. The Hall–Kier alpha value is -0.930. The maximum Gasteiger partial charge on any atom is 0.123 e. The molecule has 0 bridgehead atoms. The molecule has 3 heteroatoms. The van der Waals surface area contributed by atoms with Crippen molar-refractivity contribution in [2.24, 2.45) is 5.92 Å². The van der Waals surface area contributed by atoms with Crippen LogP contribution in [0.5, 0.6) is 0 Å². The van der Waals surface area contributed by atoms with Gasteiger partial charge in [0.1, 0.15) is 5.82 Å². The summed E-state index contributed by atoms with van der Waals surface area (Å²) < 4.78 is 18.2. The van der Waals surface area contributed by atoms with Crippen LogP contribution in [0.2, 0.25) is 0 Å². The molecule has 94 valence electrons. The van der Waals surface area contributed by atoms with E-state index in [9.17, 15) is 4.39 Å². The maximum absolute atomic E-state index is 12.7. The molecule has 1 heterocycles. The zero-order valence-corrected chi connectivity index (χ0v) is 10.3. The summed E-state index contributed by atoms with van der Waals surface area (Å²) in [6.07, 6.45) is 2.39. The summed E-state index contributed by atoms with van der Waals surface area (Å²) in [5, 5.41) is 3.49. The van der Waals surface area contributed by atoms with E-state index in [1.165, 1.54) is 18.6 Å². The molecule has 0 unspecified atom stereocenters. The summed E-state index contributed by atoms with van der Waals surface area (Å²) in [6.45, 7) is 4.75. The van der Waals surface area contributed by atoms with Gasteiger partial charge in [0.2, 0.25) is 0 Å².